The van der Waals surface area contributed by atoms with E-state index in [-0.39, 0.29) is 18.5 Å². The predicted molar refractivity (Wildman–Crippen MR) is 60.0 cm³/mol. The van der Waals surface area contributed by atoms with E-state index >= 15 is 0 Å². The van der Waals surface area contributed by atoms with Gasteiger partial charge in [-0.3, -0.25) is 0 Å². The molecule has 0 spiro atoms. The Kier molecular flexibility index (Phi) is 4.57. The van der Waals surface area contributed by atoms with Gasteiger partial charge in [-0.15, -0.1) is 12.4 Å². The highest BCUT2D eigenvalue weighted by molar-refractivity contribution is 5.85. The molecular formula is C11H13ClN2O. The van der Waals surface area contributed by atoms with Crippen LogP contribution in [-0.2, 0) is 4.74 Å². The standard InChI is InChI=1S/C11H12N2O.ClH/c12-7-9-3-1-2-4-10(9)11-8-13-5-6-14-11;/h1-4,11,13H,5-6,8H2;1H/t11-;/m1./s1. The van der Waals surface area contributed by atoms with Crippen molar-refractivity contribution in [2.75, 3.05) is 19.7 Å². The van der Waals surface area contributed by atoms with Crippen LogP contribution >= 0.6 is 12.4 Å². The molecular weight excluding hydrogens is 212 g/mol. The molecule has 0 radical (unpaired) electrons. The van der Waals surface area contributed by atoms with Gasteiger partial charge in [0, 0.05) is 13.1 Å². The van der Waals surface area contributed by atoms with Crippen LogP contribution in [0.3, 0.4) is 0 Å². The van der Waals surface area contributed by atoms with Crippen LogP contribution in [0, 0.1) is 11.3 Å². The molecule has 1 saturated heterocycles. The van der Waals surface area contributed by atoms with E-state index in [0.29, 0.717) is 12.2 Å². The summed E-state index contributed by atoms with van der Waals surface area (Å²) in [5.41, 5.74) is 1.70. The SMILES string of the molecule is Cl.N#Cc1ccccc1[C@H]1CNCCO1. The number of nitrogens with zero attached hydrogens (tertiary/aromatic N) is 1. The minimum absolute atomic E-state index is 0. The second kappa shape index (κ2) is 5.72. The fourth-order valence-electron chi connectivity index (χ4n) is 1.64. The molecule has 1 N–H and O–H groups in total. The molecule has 0 saturated carbocycles. The second-order valence-corrected chi connectivity index (χ2v) is 3.26. The van der Waals surface area contributed by atoms with Crippen molar-refractivity contribution in [2.24, 2.45) is 0 Å². The van der Waals surface area contributed by atoms with Gasteiger partial charge in [0.25, 0.3) is 0 Å². The number of rotatable bonds is 1. The van der Waals surface area contributed by atoms with Crippen LogP contribution < -0.4 is 5.32 Å². The minimum atomic E-state index is 0. The molecule has 0 amide bonds. The van der Waals surface area contributed by atoms with Crippen molar-refractivity contribution < 1.29 is 4.74 Å². The van der Waals surface area contributed by atoms with E-state index in [4.69, 9.17) is 10.00 Å². The summed E-state index contributed by atoms with van der Waals surface area (Å²) in [5.74, 6) is 0. The molecule has 1 aliphatic rings. The molecule has 80 valence electrons. The van der Waals surface area contributed by atoms with Crippen molar-refractivity contribution in [2.45, 2.75) is 6.10 Å². The molecule has 0 bridgehead atoms. The van der Waals surface area contributed by atoms with Gasteiger partial charge < -0.3 is 10.1 Å². The maximum absolute atomic E-state index is 8.92. The Labute approximate surface area is 95.5 Å². The fraction of sp³-hybridized carbons (Fsp3) is 0.364. The zero-order valence-corrected chi connectivity index (χ0v) is 9.09. The summed E-state index contributed by atoms with van der Waals surface area (Å²) >= 11 is 0. The molecule has 0 unspecified atom stereocenters. The Morgan fingerprint density at radius 3 is 2.87 bits per heavy atom. The smallest absolute Gasteiger partial charge is 0.0995 e. The van der Waals surface area contributed by atoms with Gasteiger partial charge in [-0.25, -0.2) is 0 Å². The summed E-state index contributed by atoms with van der Waals surface area (Å²) in [5, 5.41) is 12.2. The molecule has 1 atom stereocenters. The van der Waals surface area contributed by atoms with E-state index in [1.807, 2.05) is 24.3 Å². The molecule has 1 fully saturated rings. The molecule has 2 rings (SSSR count). The minimum Gasteiger partial charge on any atom is -0.371 e. The van der Waals surface area contributed by atoms with Crippen LogP contribution in [0.15, 0.2) is 24.3 Å². The summed E-state index contributed by atoms with van der Waals surface area (Å²) in [6.45, 7) is 2.40. The number of benzene rings is 1. The molecule has 1 aliphatic heterocycles. The van der Waals surface area contributed by atoms with Crippen molar-refractivity contribution in [1.82, 2.24) is 5.32 Å². The Balaban J connectivity index is 0.00000112. The van der Waals surface area contributed by atoms with Crippen LogP contribution in [-0.4, -0.2) is 19.7 Å². The van der Waals surface area contributed by atoms with Crippen molar-refractivity contribution in [3.63, 3.8) is 0 Å². The third-order valence-corrected chi connectivity index (χ3v) is 2.36. The molecule has 1 aromatic carbocycles. The Bertz CT molecular complexity index is 356. The lowest BCUT2D eigenvalue weighted by molar-refractivity contribution is 0.0275. The van der Waals surface area contributed by atoms with E-state index < -0.39 is 0 Å². The third-order valence-electron chi connectivity index (χ3n) is 2.36. The highest BCUT2D eigenvalue weighted by Crippen LogP contribution is 2.21. The zero-order chi connectivity index (χ0) is 9.80. The van der Waals surface area contributed by atoms with Crippen LogP contribution in [0.4, 0.5) is 0 Å². The van der Waals surface area contributed by atoms with Gasteiger partial charge in [0.05, 0.1) is 24.3 Å². The van der Waals surface area contributed by atoms with E-state index in [1.54, 1.807) is 0 Å². The maximum Gasteiger partial charge on any atom is 0.0995 e. The summed E-state index contributed by atoms with van der Waals surface area (Å²) in [6, 6.07) is 9.78. The van der Waals surface area contributed by atoms with Gasteiger partial charge in [-0.2, -0.15) is 5.26 Å². The highest BCUT2D eigenvalue weighted by Gasteiger charge is 2.17. The fourth-order valence-corrected chi connectivity index (χ4v) is 1.64. The van der Waals surface area contributed by atoms with Crippen LogP contribution in [0.1, 0.15) is 17.2 Å². The summed E-state index contributed by atoms with van der Waals surface area (Å²) < 4.78 is 5.59. The van der Waals surface area contributed by atoms with Crippen molar-refractivity contribution in [3.8, 4) is 6.07 Å². The molecule has 15 heavy (non-hydrogen) atoms. The molecule has 1 heterocycles. The molecule has 4 heteroatoms. The third kappa shape index (κ3) is 2.69. The van der Waals surface area contributed by atoms with E-state index in [1.165, 1.54) is 0 Å². The lowest BCUT2D eigenvalue weighted by Gasteiger charge is -2.24. The number of nitriles is 1. The molecule has 0 aliphatic carbocycles. The van der Waals surface area contributed by atoms with Crippen molar-refractivity contribution in [1.29, 1.82) is 5.26 Å². The van der Waals surface area contributed by atoms with Gasteiger partial charge in [0.15, 0.2) is 0 Å². The van der Waals surface area contributed by atoms with Crippen LogP contribution in [0.5, 0.6) is 0 Å². The normalized spacial score (nSPS) is 20.1. The first-order valence-electron chi connectivity index (χ1n) is 4.73. The Morgan fingerprint density at radius 2 is 2.20 bits per heavy atom. The quantitative estimate of drug-likeness (QED) is 0.789. The lowest BCUT2D eigenvalue weighted by atomic mass is 10.0. The van der Waals surface area contributed by atoms with E-state index in [2.05, 4.69) is 11.4 Å². The maximum atomic E-state index is 8.92. The highest BCUT2D eigenvalue weighted by atomic mass is 35.5. The Morgan fingerprint density at radius 1 is 1.40 bits per heavy atom. The molecule has 0 aromatic heterocycles. The zero-order valence-electron chi connectivity index (χ0n) is 8.27. The number of halogens is 1. The monoisotopic (exact) mass is 224 g/mol. The van der Waals surface area contributed by atoms with Crippen LogP contribution in [0.25, 0.3) is 0 Å². The predicted octanol–water partition coefficient (Wildman–Crippen LogP) is 1.64. The molecule has 1 aromatic rings. The van der Waals surface area contributed by atoms with E-state index in [9.17, 15) is 0 Å². The number of hydrogen-bond acceptors (Lipinski definition) is 3. The van der Waals surface area contributed by atoms with Gasteiger partial charge in [-0.1, -0.05) is 18.2 Å². The summed E-state index contributed by atoms with van der Waals surface area (Å²) in [4.78, 5) is 0. The number of hydrogen-bond donors (Lipinski definition) is 1. The molecule has 3 nitrogen and oxygen atoms in total. The van der Waals surface area contributed by atoms with E-state index in [0.717, 1.165) is 18.7 Å². The first kappa shape index (κ1) is 12.0. The largest absolute Gasteiger partial charge is 0.371 e. The Hall–Kier alpha value is -1.08. The second-order valence-electron chi connectivity index (χ2n) is 3.26. The first-order valence-corrected chi connectivity index (χ1v) is 4.73. The van der Waals surface area contributed by atoms with Gasteiger partial charge in [0.1, 0.15) is 0 Å². The summed E-state index contributed by atoms with van der Waals surface area (Å²) in [7, 11) is 0. The van der Waals surface area contributed by atoms with Crippen molar-refractivity contribution >= 4 is 12.4 Å². The topological polar surface area (TPSA) is 45.0 Å². The summed E-state index contributed by atoms with van der Waals surface area (Å²) in [6.07, 6.45) is 0.0274. The van der Waals surface area contributed by atoms with Crippen LogP contribution in [0.2, 0.25) is 0 Å². The van der Waals surface area contributed by atoms with Gasteiger partial charge >= 0.3 is 0 Å². The average molecular weight is 225 g/mol. The number of nitrogens with one attached hydrogen (secondary N) is 1. The van der Waals surface area contributed by atoms with Gasteiger partial charge in [0.2, 0.25) is 0 Å². The lowest BCUT2D eigenvalue weighted by Crippen LogP contribution is -2.33. The van der Waals surface area contributed by atoms with Crippen molar-refractivity contribution in [3.05, 3.63) is 35.4 Å². The average Bonchev–Trinajstić information content (AvgIpc) is 2.30. The van der Waals surface area contributed by atoms with Gasteiger partial charge in [-0.05, 0) is 11.6 Å². The number of morpholine rings is 1. The number of ether oxygens (including phenoxy) is 1. The first-order chi connectivity index (χ1) is 6.92.